The Morgan fingerprint density at radius 2 is 2.37 bits per heavy atom. The van der Waals surface area contributed by atoms with Crippen LogP contribution in [0.5, 0.6) is 0 Å². The third-order valence-electron chi connectivity index (χ3n) is 3.67. The van der Waals surface area contributed by atoms with E-state index in [4.69, 9.17) is 5.26 Å². The average Bonchev–Trinajstić information content (AvgIpc) is 2.78. The molecular formula is C15H19FN2O. The first-order valence-electron chi connectivity index (χ1n) is 6.71. The van der Waals surface area contributed by atoms with Gasteiger partial charge >= 0.3 is 0 Å². The Morgan fingerprint density at radius 3 is 3.00 bits per heavy atom. The molecule has 0 spiro atoms. The highest BCUT2D eigenvalue weighted by atomic mass is 19.1. The standard InChI is InChI=1S/C15H19FN2O/c1-11(19)7-14-3-2-6-18(14)10-13-5-4-12(9-17)8-15(13)16/h4-5,8,11,14,19H,2-3,6-7,10H2,1H3. The van der Waals surface area contributed by atoms with Crippen LogP contribution in [0.2, 0.25) is 0 Å². The molecule has 4 heteroatoms. The first-order valence-corrected chi connectivity index (χ1v) is 6.71. The van der Waals surface area contributed by atoms with E-state index in [2.05, 4.69) is 4.90 Å². The molecule has 1 fully saturated rings. The van der Waals surface area contributed by atoms with Gasteiger partial charge in [-0.15, -0.1) is 0 Å². The average molecular weight is 262 g/mol. The second-order valence-electron chi connectivity index (χ2n) is 5.27. The quantitative estimate of drug-likeness (QED) is 0.906. The SMILES string of the molecule is CC(O)CC1CCCN1Cc1ccc(C#N)cc1F. The van der Waals surface area contributed by atoms with Crippen molar-refractivity contribution in [3.8, 4) is 6.07 Å². The Morgan fingerprint density at radius 1 is 1.58 bits per heavy atom. The van der Waals surface area contributed by atoms with E-state index in [-0.39, 0.29) is 11.9 Å². The predicted octanol–water partition coefficient (Wildman–Crippen LogP) is 2.43. The highest BCUT2D eigenvalue weighted by Gasteiger charge is 2.26. The Balaban J connectivity index is 2.06. The van der Waals surface area contributed by atoms with Crippen LogP contribution in [0.4, 0.5) is 4.39 Å². The molecule has 3 nitrogen and oxygen atoms in total. The molecule has 2 atom stereocenters. The molecule has 1 saturated heterocycles. The van der Waals surface area contributed by atoms with Crippen molar-refractivity contribution in [3.63, 3.8) is 0 Å². The van der Waals surface area contributed by atoms with E-state index < -0.39 is 0 Å². The van der Waals surface area contributed by atoms with Gasteiger partial charge in [0.25, 0.3) is 0 Å². The number of nitrogens with zero attached hydrogens (tertiary/aromatic N) is 2. The van der Waals surface area contributed by atoms with Crippen LogP contribution in [0.3, 0.4) is 0 Å². The van der Waals surface area contributed by atoms with E-state index in [0.29, 0.717) is 23.7 Å². The zero-order chi connectivity index (χ0) is 13.8. The Labute approximate surface area is 113 Å². The van der Waals surface area contributed by atoms with E-state index in [1.807, 2.05) is 6.07 Å². The number of halogens is 1. The lowest BCUT2D eigenvalue weighted by Gasteiger charge is -2.25. The van der Waals surface area contributed by atoms with Crippen molar-refractivity contribution in [1.29, 1.82) is 5.26 Å². The highest BCUT2D eigenvalue weighted by Crippen LogP contribution is 2.24. The topological polar surface area (TPSA) is 47.3 Å². The minimum absolute atomic E-state index is 0.318. The van der Waals surface area contributed by atoms with E-state index in [0.717, 1.165) is 25.8 Å². The number of hydrogen-bond acceptors (Lipinski definition) is 3. The molecule has 1 aromatic rings. The molecule has 0 saturated carbocycles. The van der Waals surface area contributed by atoms with Gasteiger partial charge in [-0.05, 0) is 44.9 Å². The van der Waals surface area contributed by atoms with Crippen LogP contribution in [0.15, 0.2) is 18.2 Å². The fourth-order valence-corrected chi connectivity index (χ4v) is 2.73. The lowest BCUT2D eigenvalue weighted by atomic mass is 10.1. The van der Waals surface area contributed by atoms with Crippen LogP contribution in [0.1, 0.15) is 37.3 Å². The Kier molecular flexibility index (Phi) is 4.52. The molecule has 0 aromatic heterocycles. The maximum Gasteiger partial charge on any atom is 0.129 e. The van der Waals surface area contributed by atoms with Crippen LogP contribution in [0, 0.1) is 17.1 Å². The van der Waals surface area contributed by atoms with E-state index >= 15 is 0 Å². The molecule has 0 amide bonds. The first-order chi connectivity index (χ1) is 9.10. The van der Waals surface area contributed by atoms with Gasteiger partial charge in [0, 0.05) is 18.2 Å². The Hall–Kier alpha value is -1.44. The third-order valence-corrected chi connectivity index (χ3v) is 3.67. The molecule has 0 bridgehead atoms. The lowest BCUT2D eigenvalue weighted by Crippen LogP contribution is -2.31. The summed E-state index contributed by atoms with van der Waals surface area (Å²) in [5, 5.41) is 18.2. The van der Waals surface area contributed by atoms with Crippen LogP contribution >= 0.6 is 0 Å². The van der Waals surface area contributed by atoms with Crippen molar-refractivity contribution in [2.75, 3.05) is 6.54 Å². The molecule has 0 radical (unpaired) electrons. The van der Waals surface area contributed by atoms with Crippen molar-refractivity contribution in [2.24, 2.45) is 0 Å². The second kappa shape index (κ2) is 6.14. The summed E-state index contributed by atoms with van der Waals surface area (Å²) in [6, 6.07) is 6.89. The molecule has 1 aromatic carbocycles. The van der Waals surface area contributed by atoms with Gasteiger partial charge in [0.15, 0.2) is 0 Å². The molecule has 1 N–H and O–H groups in total. The fraction of sp³-hybridized carbons (Fsp3) is 0.533. The monoisotopic (exact) mass is 262 g/mol. The van der Waals surface area contributed by atoms with Crippen LogP contribution in [-0.4, -0.2) is 28.7 Å². The maximum absolute atomic E-state index is 13.9. The predicted molar refractivity (Wildman–Crippen MR) is 70.8 cm³/mol. The van der Waals surface area contributed by atoms with Gasteiger partial charge in [-0.3, -0.25) is 4.90 Å². The Bertz CT molecular complexity index is 482. The van der Waals surface area contributed by atoms with Crippen LogP contribution in [0.25, 0.3) is 0 Å². The number of nitriles is 1. The fourth-order valence-electron chi connectivity index (χ4n) is 2.73. The van der Waals surface area contributed by atoms with Gasteiger partial charge < -0.3 is 5.11 Å². The molecule has 102 valence electrons. The lowest BCUT2D eigenvalue weighted by molar-refractivity contribution is 0.130. The minimum atomic E-state index is -0.323. The van der Waals surface area contributed by atoms with Crippen LogP contribution in [-0.2, 0) is 6.54 Å². The molecule has 2 rings (SSSR count). The number of benzene rings is 1. The van der Waals surface area contributed by atoms with Crippen molar-refractivity contribution in [3.05, 3.63) is 35.1 Å². The summed E-state index contributed by atoms with van der Waals surface area (Å²) in [5.74, 6) is -0.318. The smallest absolute Gasteiger partial charge is 0.129 e. The van der Waals surface area contributed by atoms with E-state index in [1.54, 1.807) is 19.1 Å². The van der Waals surface area contributed by atoms with Crippen molar-refractivity contribution >= 4 is 0 Å². The molecule has 19 heavy (non-hydrogen) atoms. The van der Waals surface area contributed by atoms with Crippen molar-refractivity contribution < 1.29 is 9.50 Å². The molecule has 0 aliphatic carbocycles. The van der Waals surface area contributed by atoms with Crippen molar-refractivity contribution in [2.45, 2.75) is 44.9 Å². The minimum Gasteiger partial charge on any atom is -0.393 e. The largest absolute Gasteiger partial charge is 0.393 e. The summed E-state index contributed by atoms with van der Waals surface area (Å²) in [6.45, 7) is 3.28. The highest BCUT2D eigenvalue weighted by molar-refractivity contribution is 5.32. The van der Waals surface area contributed by atoms with E-state index in [9.17, 15) is 9.50 Å². The summed E-state index contributed by atoms with van der Waals surface area (Å²) in [5.41, 5.74) is 0.972. The zero-order valence-corrected chi connectivity index (χ0v) is 11.1. The summed E-state index contributed by atoms with van der Waals surface area (Å²) in [7, 11) is 0. The van der Waals surface area contributed by atoms with E-state index in [1.165, 1.54) is 6.07 Å². The van der Waals surface area contributed by atoms with Crippen LogP contribution < -0.4 is 0 Å². The summed E-state index contributed by atoms with van der Waals surface area (Å²) < 4.78 is 13.9. The number of hydrogen-bond donors (Lipinski definition) is 1. The van der Waals surface area contributed by atoms with Gasteiger partial charge in [-0.2, -0.15) is 5.26 Å². The first kappa shape index (κ1) is 14.0. The number of aliphatic hydroxyl groups excluding tert-OH is 1. The third kappa shape index (κ3) is 3.52. The summed E-state index contributed by atoms with van der Waals surface area (Å²) >= 11 is 0. The van der Waals surface area contributed by atoms with Gasteiger partial charge in [0.2, 0.25) is 0 Å². The van der Waals surface area contributed by atoms with Gasteiger partial charge in [-0.1, -0.05) is 6.07 Å². The molecule has 1 heterocycles. The number of likely N-dealkylation sites (tertiary alicyclic amines) is 1. The summed E-state index contributed by atoms with van der Waals surface area (Å²) in [4.78, 5) is 2.22. The maximum atomic E-state index is 13.9. The van der Waals surface area contributed by atoms with Gasteiger partial charge in [-0.25, -0.2) is 4.39 Å². The molecular weight excluding hydrogens is 243 g/mol. The zero-order valence-electron chi connectivity index (χ0n) is 11.1. The number of rotatable bonds is 4. The van der Waals surface area contributed by atoms with Gasteiger partial charge in [0.1, 0.15) is 5.82 Å². The molecule has 1 aliphatic rings. The number of aliphatic hydroxyl groups is 1. The second-order valence-corrected chi connectivity index (χ2v) is 5.27. The van der Waals surface area contributed by atoms with Crippen molar-refractivity contribution in [1.82, 2.24) is 4.90 Å². The molecule has 1 aliphatic heterocycles. The van der Waals surface area contributed by atoms with Gasteiger partial charge in [0.05, 0.1) is 17.7 Å². The summed E-state index contributed by atoms with van der Waals surface area (Å²) in [6.07, 6.45) is 2.56. The normalized spacial score (nSPS) is 21.3. The molecule has 2 unspecified atom stereocenters.